The largest absolute Gasteiger partial charge is 0.388 e. The first-order valence-corrected chi connectivity index (χ1v) is 6.79. The maximum absolute atomic E-state index is 12.9. The highest BCUT2D eigenvalue weighted by Crippen LogP contribution is 2.30. The molecule has 2 atom stereocenters. The summed E-state index contributed by atoms with van der Waals surface area (Å²) in [6.45, 7) is 2.03. The molecule has 0 spiro atoms. The van der Waals surface area contributed by atoms with Crippen LogP contribution >= 0.6 is 0 Å². The number of aliphatic hydroxyl groups is 1. The van der Waals surface area contributed by atoms with E-state index in [1.807, 2.05) is 6.92 Å². The van der Waals surface area contributed by atoms with Gasteiger partial charge in [0, 0.05) is 0 Å². The fourth-order valence-corrected chi connectivity index (χ4v) is 2.36. The Hall–Kier alpha value is -1.74. The van der Waals surface area contributed by atoms with E-state index >= 15 is 0 Å². The van der Waals surface area contributed by atoms with Gasteiger partial charge < -0.3 is 5.11 Å². The summed E-state index contributed by atoms with van der Waals surface area (Å²) in [5.74, 6) is -0.426. The molecule has 2 aromatic rings. The predicted molar refractivity (Wildman–Crippen MR) is 75.4 cm³/mol. The van der Waals surface area contributed by atoms with Crippen molar-refractivity contribution in [1.82, 2.24) is 0 Å². The molecule has 0 radical (unpaired) electrons. The van der Waals surface area contributed by atoms with Crippen LogP contribution in [0.5, 0.6) is 0 Å². The number of halogens is 2. The third-order valence-corrected chi connectivity index (χ3v) is 3.60. The lowest BCUT2D eigenvalue weighted by Crippen LogP contribution is -2.06. The van der Waals surface area contributed by atoms with Crippen LogP contribution < -0.4 is 0 Å². The monoisotopic (exact) mass is 276 g/mol. The second kappa shape index (κ2) is 6.62. The van der Waals surface area contributed by atoms with Gasteiger partial charge in [-0.2, -0.15) is 0 Å². The van der Waals surface area contributed by atoms with E-state index in [1.54, 1.807) is 24.3 Å². The standard InChI is InChI=1S/C17H18F2O/c1-2-12(13-3-7-15(18)8-4-13)11-17(20)14-5-9-16(19)10-6-14/h3-10,12,17,20H,2,11H2,1H3/t12-,17+/m0/s1. The molecule has 0 saturated heterocycles. The van der Waals surface area contributed by atoms with Gasteiger partial charge in [-0.3, -0.25) is 0 Å². The molecule has 0 fully saturated rings. The molecule has 2 aromatic carbocycles. The molecule has 0 saturated carbocycles. The fourth-order valence-electron chi connectivity index (χ4n) is 2.36. The Morgan fingerprint density at radius 2 is 1.30 bits per heavy atom. The zero-order valence-electron chi connectivity index (χ0n) is 11.4. The van der Waals surface area contributed by atoms with E-state index in [4.69, 9.17) is 0 Å². The van der Waals surface area contributed by atoms with Gasteiger partial charge in [-0.1, -0.05) is 31.2 Å². The number of benzene rings is 2. The molecule has 106 valence electrons. The van der Waals surface area contributed by atoms with Crippen molar-refractivity contribution >= 4 is 0 Å². The van der Waals surface area contributed by atoms with Crippen molar-refractivity contribution in [2.45, 2.75) is 31.8 Å². The molecule has 0 bridgehead atoms. The van der Waals surface area contributed by atoms with Crippen molar-refractivity contribution in [1.29, 1.82) is 0 Å². The summed E-state index contributed by atoms with van der Waals surface area (Å²) in [5.41, 5.74) is 1.71. The molecule has 3 heteroatoms. The van der Waals surface area contributed by atoms with Crippen LogP contribution in [-0.4, -0.2) is 5.11 Å². The van der Waals surface area contributed by atoms with Gasteiger partial charge in [0.05, 0.1) is 6.10 Å². The molecule has 0 heterocycles. The molecule has 1 nitrogen and oxygen atoms in total. The average molecular weight is 276 g/mol. The van der Waals surface area contributed by atoms with Gasteiger partial charge >= 0.3 is 0 Å². The van der Waals surface area contributed by atoms with Gasteiger partial charge in [0.2, 0.25) is 0 Å². The van der Waals surface area contributed by atoms with Crippen molar-refractivity contribution in [3.63, 3.8) is 0 Å². The van der Waals surface area contributed by atoms with Crippen LogP contribution in [0.25, 0.3) is 0 Å². The molecular formula is C17H18F2O. The molecule has 0 amide bonds. The van der Waals surface area contributed by atoms with E-state index in [1.165, 1.54) is 24.3 Å². The van der Waals surface area contributed by atoms with Gasteiger partial charge in [0.15, 0.2) is 0 Å². The SMILES string of the molecule is CC[C@@H](C[C@@H](O)c1ccc(F)cc1)c1ccc(F)cc1. The Labute approximate surface area is 117 Å². The Kier molecular flexibility index (Phi) is 4.85. The number of hydrogen-bond donors (Lipinski definition) is 1. The van der Waals surface area contributed by atoms with E-state index in [0.29, 0.717) is 12.0 Å². The zero-order valence-corrected chi connectivity index (χ0v) is 11.4. The van der Waals surface area contributed by atoms with Crippen molar-refractivity contribution in [2.24, 2.45) is 0 Å². The average Bonchev–Trinajstić information content (AvgIpc) is 2.46. The molecule has 20 heavy (non-hydrogen) atoms. The van der Waals surface area contributed by atoms with E-state index in [-0.39, 0.29) is 17.6 Å². The van der Waals surface area contributed by atoms with Crippen LogP contribution in [0.4, 0.5) is 8.78 Å². The molecule has 0 aliphatic heterocycles. The highest BCUT2D eigenvalue weighted by atomic mass is 19.1. The fraction of sp³-hybridized carbons (Fsp3) is 0.294. The first kappa shape index (κ1) is 14.7. The van der Waals surface area contributed by atoms with Crippen LogP contribution in [0.15, 0.2) is 48.5 Å². The summed E-state index contributed by atoms with van der Waals surface area (Å²) in [6.07, 6.45) is 0.739. The topological polar surface area (TPSA) is 20.2 Å². The van der Waals surface area contributed by atoms with E-state index in [2.05, 4.69) is 0 Å². The quantitative estimate of drug-likeness (QED) is 0.847. The lowest BCUT2D eigenvalue weighted by Gasteiger charge is -2.19. The molecular weight excluding hydrogens is 258 g/mol. The first-order chi connectivity index (χ1) is 9.60. The summed E-state index contributed by atoms with van der Waals surface area (Å²) >= 11 is 0. The van der Waals surface area contributed by atoms with Crippen molar-refractivity contribution < 1.29 is 13.9 Å². The minimum Gasteiger partial charge on any atom is -0.388 e. The van der Waals surface area contributed by atoms with Crippen LogP contribution in [0, 0.1) is 11.6 Å². The highest BCUT2D eigenvalue weighted by Gasteiger charge is 2.16. The van der Waals surface area contributed by atoms with Crippen molar-refractivity contribution in [3.05, 3.63) is 71.3 Å². The molecule has 0 aromatic heterocycles. The van der Waals surface area contributed by atoms with Gasteiger partial charge in [0.1, 0.15) is 11.6 Å². The van der Waals surface area contributed by atoms with Gasteiger partial charge in [0.25, 0.3) is 0 Å². The smallest absolute Gasteiger partial charge is 0.123 e. The normalized spacial score (nSPS) is 14.0. The summed E-state index contributed by atoms with van der Waals surface area (Å²) in [5, 5.41) is 10.2. The molecule has 0 aliphatic carbocycles. The van der Waals surface area contributed by atoms with Crippen LogP contribution in [-0.2, 0) is 0 Å². The van der Waals surface area contributed by atoms with Crippen LogP contribution in [0.3, 0.4) is 0 Å². The molecule has 0 aliphatic rings. The number of hydrogen-bond acceptors (Lipinski definition) is 1. The molecule has 0 unspecified atom stereocenters. The second-order valence-electron chi connectivity index (χ2n) is 4.96. The minimum absolute atomic E-state index is 0.149. The van der Waals surface area contributed by atoms with Crippen molar-refractivity contribution in [2.75, 3.05) is 0 Å². The summed E-state index contributed by atoms with van der Waals surface area (Å²) in [6, 6.07) is 12.2. The van der Waals surface area contributed by atoms with Crippen molar-refractivity contribution in [3.8, 4) is 0 Å². The second-order valence-corrected chi connectivity index (χ2v) is 4.96. The number of rotatable bonds is 5. The maximum atomic E-state index is 12.9. The van der Waals surface area contributed by atoms with E-state index < -0.39 is 6.10 Å². The zero-order chi connectivity index (χ0) is 14.5. The summed E-state index contributed by atoms with van der Waals surface area (Å²) in [4.78, 5) is 0. The molecule has 2 rings (SSSR count). The third kappa shape index (κ3) is 3.64. The maximum Gasteiger partial charge on any atom is 0.123 e. The van der Waals surface area contributed by atoms with Gasteiger partial charge in [-0.05, 0) is 54.2 Å². The minimum atomic E-state index is -0.648. The van der Waals surface area contributed by atoms with Gasteiger partial charge in [-0.15, -0.1) is 0 Å². The number of aliphatic hydroxyl groups excluding tert-OH is 1. The van der Waals surface area contributed by atoms with Gasteiger partial charge in [-0.25, -0.2) is 8.78 Å². The summed E-state index contributed by atoms with van der Waals surface area (Å²) in [7, 11) is 0. The lowest BCUT2D eigenvalue weighted by molar-refractivity contribution is 0.156. The summed E-state index contributed by atoms with van der Waals surface area (Å²) < 4.78 is 25.8. The Bertz CT molecular complexity index is 534. The highest BCUT2D eigenvalue weighted by molar-refractivity contribution is 5.23. The third-order valence-electron chi connectivity index (χ3n) is 3.60. The Morgan fingerprint density at radius 3 is 1.75 bits per heavy atom. The molecule has 1 N–H and O–H groups in total. The van der Waals surface area contributed by atoms with Crippen LogP contribution in [0.1, 0.15) is 42.9 Å². The lowest BCUT2D eigenvalue weighted by atomic mass is 9.89. The Balaban J connectivity index is 2.09. The van der Waals surface area contributed by atoms with E-state index in [0.717, 1.165) is 12.0 Å². The van der Waals surface area contributed by atoms with E-state index in [9.17, 15) is 13.9 Å². The Morgan fingerprint density at radius 1 is 0.850 bits per heavy atom. The van der Waals surface area contributed by atoms with Crippen LogP contribution in [0.2, 0.25) is 0 Å². The first-order valence-electron chi connectivity index (χ1n) is 6.79. The predicted octanol–water partition coefficient (Wildman–Crippen LogP) is 4.58.